The highest BCUT2D eigenvalue weighted by atomic mass is 16.5. The van der Waals surface area contributed by atoms with Crippen molar-refractivity contribution in [1.29, 1.82) is 0 Å². The molecule has 0 saturated heterocycles. The molecule has 3 heteroatoms. The van der Waals surface area contributed by atoms with Crippen LogP contribution < -0.4 is 0 Å². The summed E-state index contributed by atoms with van der Waals surface area (Å²) in [6.07, 6.45) is 1.47. The fourth-order valence-electron chi connectivity index (χ4n) is 1.18. The van der Waals surface area contributed by atoms with E-state index < -0.39 is 0 Å². The first-order valence-corrected chi connectivity index (χ1v) is 5.26. The quantitative estimate of drug-likeness (QED) is 0.621. The van der Waals surface area contributed by atoms with Crippen LogP contribution in [0.15, 0.2) is 0 Å². The summed E-state index contributed by atoms with van der Waals surface area (Å²) in [5.41, 5.74) is 0. The second kappa shape index (κ2) is 6.82. The number of esters is 1. The molecule has 0 fully saturated rings. The van der Waals surface area contributed by atoms with Crippen molar-refractivity contribution in [3.8, 4) is 0 Å². The third-order valence-electron chi connectivity index (χ3n) is 1.63. The number of hydrogen-bond donors (Lipinski definition) is 0. The molecule has 1 atom stereocenters. The molecule has 0 spiro atoms. The van der Waals surface area contributed by atoms with Gasteiger partial charge in [-0.25, -0.2) is 0 Å². The number of carbonyl (C=O) groups excluding carboxylic acids is 1. The summed E-state index contributed by atoms with van der Waals surface area (Å²) in [4.78, 5) is 11.2. The second-order valence-corrected chi connectivity index (χ2v) is 4.07. The van der Waals surface area contributed by atoms with Crippen LogP contribution in [0.2, 0.25) is 0 Å². The van der Waals surface area contributed by atoms with Crippen LogP contribution in [0.3, 0.4) is 0 Å². The van der Waals surface area contributed by atoms with Gasteiger partial charge in [0.1, 0.15) is 0 Å². The summed E-state index contributed by atoms with van der Waals surface area (Å²) in [5, 5.41) is 0. The van der Waals surface area contributed by atoms with Crippen molar-refractivity contribution < 1.29 is 14.3 Å². The molecule has 3 nitrogen and oxygen atoms in total. The van der Waals surface area contributed by atoms with Crippen LogP contribution in [-0.4, -0.2) is 24.3 Å². The molecule has 0 aliphatic carbocycles. The van der Waals surface area contributed by atoms with Crippen LogP contribution in [-0.2, 0) is 14.3 Å². The van der Waals surface area contributed by atoms with Crippen molar-refractivity contribution >= 4 is 5.97 Å². The summed E-state index contributed by atoms with van der Waals surface area (Å²) in [6, 6.07) is 0. The molecule has 84 valence electrons. The van der Waals surface area contributed by atoms with Crippen molar-refractivity contribution in [3.05, 3.63) is 0 Å². The van der Waals surface area contributed by atoms with Crippen LogP contribution >= 0.6 is 0 Å². The average molecular weight is 202 g/mol. The Morgan fingerprint density at radius 3 is 2.07 bits per heavy atom. The van der Waals surface area contributed by atoms with Gasteiger partial charge >= 0.3 is 5.97 Å². The van der Waals surface area contributed by atoms with E-state index in [4.69, 9.17) is 9.47 Å². The molecule has 14 heavy (non-hydrogen) atoms. The maximum atomic E-state index is 11.2. The van der Waals surface area contributed by atoms with Gasteiger partial charge in [0.2, 0.25) is 0 Å². The summed E-state index contributed by atoms with van der Waals surface area (Å²) in [7, 11) is 0. The number of hydrogen-bond acceptors (Lipinski definition) is 3. The molecule has 0 rings (SSSR count). The number of rotatable bonds is 6. The molecule has 0 radical (unpaired) electrons. The summed E-state index contributed by atoms with van der Waals surface area (Å²) < 4.78 is 10.5. The van der Waals surface area contributed by atoms with Crippen LogP contribution in [0, 0.1) is 0 Å². The Hall–Kier alpha value is -0.570. The van der Waals surface area contributed by atoms with Crippen molar-refractivity contribution in [3.63, 3.8) is 0 Å². The summed E-state index contributed by atoms with van der Waals surface area (Å²) in [5.74, 6) is -0.140. The minimum Gasteiger partial charge on any atom is -0.463 e. The Morgan fingerprint density at radius 2 is 1.64 bits per heavy atom. The van der Waals surface area contributed by atoms with Gasteiger partial charge in [-0.1, -0.05) is 0 Å². The highest BCUT2D eigenvalue weighted by Gasteiger charge is 2.10. The average Bonchev–Trinajstić information content (AvgIpc) is 1.98. The molecule has 0 aromatic carbocycles. The lowest BCUT2D eigenvalue weighted by atomic mass is 10.2. The van der Waals surface area contributed by atoms with Gasteiger partial charge in [-0.3, -0.25) is 4.79 Å². The summed E-state index contributed by atoms with van der Waals surface area (Å²) >= 11 is 0. The van der Waals surface area contributed by atoms with Crippen LogP contribution in [0.1, 0.15) is 47.5 Å². The van der Waals surface area contributed by atoms with E-state index in [0.717, 1.165) is 6.42 Å². The zero-order chi connectivity index (χ0) is 11.1. The molecule has 0 aromatic heterocycles. The SMILES string of the molecule is CC(C)OC(=O)CCC(C)OC(C)C. The maximum Gasteiger partial charge on any atom is 0.306 e. The van der Waals surface area contributed by atoms with Gasteiger partial charge < -0.3 is 9.47 Å². The third-order valence-corrected chi connectivity index (χ3v) is 1.63. The van der Waals surface area contributed by atoms with Gasteiger partial charge in [-0.15, -0.1) is 0 Å². The predicted octanol–water partition coefficient (Wildman–Crippen LogP) is 2.53. The lowest BCUT2D eigenvalue weighted by molar-refractivity contribution is -0.148. The van der Waals surface area contributed by atoms with Crippen molar-refractivity contribution in [1.82, 2.24) is 0 Å². The Kier molecular flexibility index (Phi) is 6.54. The maximum absolute atomic E-state index is 11.2. The van der Waals surface area contributed by atoms with Gasteiger partial charge in [0.25, 0.3) is 0 Å². The molecule has 0 aromatic rings. The number of ether oxygens (including phenoxy) is 2. The minimum atomic E-state index is -0.140. The van der Waals surface area contributed by atoms with Crippen molar-refractivity contribution in [2.45, 2.75) is 65.8 Å². The highest BCUT2D eigenvalue weighted by Crippen LogP contribution is 2.06. The Balaban J connectivity index is 3.56. The third kappa shape index (κ3) is 8.05. The number of carbonyl (C=O) groups is 1. The lowest BCUT2D eigenvalue weighted by Crippen LogP contribution is -2.17. The molecule has 0 aliphatic heterocycles. The highest BCUT2D eigenvalue weighted by molar-refractivity contribution is 5.69. The van der Waals surface area contributed by atoms with E-state index in [1.807, 2.05) is 34.6 Å². The molecule has 1 unspecified atom stereocenters. The van der Waals surface area contributed by atoms with E-state index in [9.17, 15) is 4.79 Å². The second-order valence-electron chi connectivity index (χ2n) is 4.07. The Bertz CT molecular complexity index is 164. The first-order chi connectivity index (χ1) is 6.41. The molecule has 0 heterocycles. The van der Waals surface area contributed by atoms with E-state index in [2.05, 4.69) is 0 Å². The molecule has 0 bridgehead atoms. The monoisotopic (exact) mass is 202 g/mol. The van der Waals surface area contributed by atoms with Crippen LogP contribution in [0.4, 0.5) is 0 Å². The van der Waals surface area contributed by atoms with E-state index in [0.29, 0.717) is 6.42 Å². The van der Waals surface area contributed by atoms with Crippen LogP contribution in [0.25, 0.3) is 0 Å². The van der Waals surface area contributed by atoms with Gasteiger partial charge in [0.15, 0.2) is 0 Å². The largest absolute Gasteiger partial charge is 0.463 e. The fourth-order valence-corrected chi connectivity index (χ4v) is 1.18. The van der Waals surface area contributed by atoms with Crippen molar-refractivity contribution in [2.75, 3.05) is 0 Å². The smallest absolute Gasteiger partial charge is 0.306 e. The molecule has 0 aliphatic rings. The van der Waals surface area contributed by atoms with Gasteiger partial charge in [-0.2, -0.15) is 0 Å². The molecule has 0 amide bonds. The zero-order valence-electron chi connectivity index (χ0n) is 9.87. The Labute approximate surface area is 86.8 Å². The van der Waals surface area contributed by atoms with Gasteiger partial charge in [0, 0.05) is 6.42 Å². The topological polar surface area (TPSA) is 35.5 Å². The molecule has 0 saturated carbocycles. The van der Waals surface area contributed by atoms with E-state index in [-0.39, 0.29) is 24.3 Å². The molecular weight excluding hydrogens is 180 g/mol. The normalized spacial score (nSPS) is 13.4. The van der Waals surface area contributed by atoms with Gasteiger partial charge in [-0.05, 0) is 41.0 Å². The van der Waals surface area contributed by atoms with Crippen molar-refractivity contribution in [2.24, 2.45) is 0 Å². The first-order valence-electron chi connectivity index (χ1n) is 5.26. The Morgan fingerprint density at radius 1 is 1.07 bits per heavy atom. The van der Waals surface area contributed by atoms with E-state index in [1.54, 1.807) is 0 Å². The standard InChI is InChI=1S/C11H22O3/c1-8(2)13-10(5)6-7-11(12)14-9(3)4/h8-10H,6-7H2,1-5H3. The van der Waals surface area contributed by atoms with E-state index >= 15 is 0 Å². The van der Waals surface area contributed by atoms with Crippen LogP contribution in [0.5, 0.6) is 0 Å². The zero-order valence-corrected chi connectivity index (χ0v) is 9.87. The molecule has 0 N–H and O–H groups in total. The van der Waals surface area contributed by atoms with Gasteiger partial charge in [0.05, 0.1) is 18.3 Å². The van der Waals surface area contributed by atoms with E-state index in [1.165, 1.54) is 0 Å². The lowest BCUT2D eigenvalue weighted by Gasteiger charge is -2.15. The first kappa shape index (κ1) is 13.4. The predicted molar refractivity (Wildman–Crippen MR) is 56.1 cm³/mol. The summed E-state index contributed by atoms with van der Waals surface area (Å²) in [6.45, 7) is 9.66. The fraction of sp³-hybridized carbons (Fsp3) is 0.909. The minimum absolute atomic E-state index is 0.0242. The molecular formula is C11H22O3.